The van der Waals surface area contributed by atoms with Crippen LogP contribution in [0.15, 0.2) is 48.5 Å². The Bertz CT molecular complexity index is 815. The molecule has 134 valence electrons. The second kappa shape index (κ2) is 8.67. The minimum atomic E-state index is -3.25. The fourth-order valence-corrected chi connectivity index (χ4v) is 3.11. The number of hydrogen-bond donors (Lipinski definition) is 2. The highest BCUT2D eigenvalue weighted by molar-refractivity contribution is 7.92. The zero-order chi connectivity index (χ0) is 18.3. The number of amides is 1. The third-order valence-electron chi connectivity index (χ3n) is 3.67. The Hall–Kier alpha value is -2.34. The number of carbonyl (C=O) groups is 1. The van der Waals surface area contributed by atoms with Gasteiger partial charge >= 0.3 is 0 Å². The van der Waals surface area contributed by atoms with E-state index in [0.717, 1.165) is 35.8 Å². The molecule has 0 radical (unpaired) electrons. The molecule has 2 aromatic rings. The van der Waals surface area contributed by atoms with Gasteiger partial charge in [-0.15, -0.1) is 0 Å². The van der Waals surface area contributed by atoms with Crippen molar-refractivity contribution in [3.63, 3.8) is 0 Å². The van der Waals surface area contributed by atoms with Crippen LogP contribution in [0.3, 0.4) is 0 Å². The van der Waals surface area contributed by atoms with Crippen molar-refractivity contribution in [3.05, 3.63) is 65.2 Å². The first-order valence-corrected chi connectivity index (χ1v) is 10.1. The van der Waals surface area contributed by atoms with Gasteiger partial charge in [-0.05, 0) is 43.0 Å². The lowest BCUT2D eigenvalue weighted by atomic mass is 10.1. The Morgan fingerprint density at radius 2 is 1.76 bits per heavy atom. The smallest absolute Gasteiger partial charge is 0.229 e. The van der Waals surface area contributed by atoms with Crippen molar-refractivity contribution in [1.29, 1.82) is 0 Å². The van der Waals surface area contributed by atoms with E-state index in [9.17, 15) is 13.2 Å². The van der Waals surface area contributed by atoms with Crippen molar-refractivity contribution in [1.82, 2.24) is 5.32 Å². The Labute approximate surface area is 149 Å². The Balaban J connectivity index is 1.71. The molecule has 0 saturated heterocycles. The molecular formula is C19H24N2O3S. The van der Waals surface area contributed by atoms with E-state index in [0.29, 0.717) is 18.7 Å². The van der Waals surface area contributed by atoms with Crippen LogP contribution in [0, 0.1) is 6.92 Å². The quantitative estimate of drug-likeness (QED) is 0.711. The molecule has 0 aliphatic rings. The van der Waals surface area contributed by atoms with Gasteiger partial charge in [0.15, 0.2) is 0 Å². The second-order valence-corrected chi connectivity index (χ2v) is 7.94. The van der Waals surface area contributed by atoms with Crippen molar-refractivity contribution in [2.24, 2.45) is 0 Å². The van der Waals surface area contributed by atoms with Gasteiger partial charge in [0.05, 0.1) is 12.7 Å². The van der Waals surface area contributed by atoms with Crippen molar-refractivity contribution in [2.45, 2.75) is 26.2 Å². The molecule has 0 bridgehead atoms. The fraction of sp³-hybridized carbons (Fsp3) is 0.316. The maximum atomic E-state index is 11.9. The van der Waals surface area contributed by atoms with Crippen LogP contribution in [0.1, 0.15) is 23.1 Å². The van der Waals surface area contributed by atoms with E-state index in [2.05, 4.69) is 10.0 Å². The first-order valence-electron chi connectivity index (χ1n) is 8.21. The first kappa shape index (κ1) is 19.0. The highest BCUT2D eigenvalue weighted by atomic mass is 32.2. The molecule has 0 saturated carbocycles. The van der Waals surface area contributed by atoms with Crippen LogP contribution in [0.2, 0.25) is 0 Å². The predicted molar refractivity (Wildman–Crippen MR) is 101 cm³/mol. The molecule has 0 unspecified atom stereocenters. The van der Waals surface area contributed by atoms with E-state index in [4.69, 9.17) is 0 Å². The molecule has 2 rings (SSSR count). The normalized spacial score (nSPS) is 11.1. The molecule has 0 fully saturated rings. The lowest BCUT2D eigenvalue weighted by molar-refractivity contribution is -0.120. The predicted octanol–water partition coefficient (Wildman–Crippen LogP) is 2.66. The van der Waals surface area contributed by atoms with Crippen LogP contribution < -0.4 is 10.0 Å². The minimum Gasteiger partial charge on any atom is -0.356 e. The summed E-state index contributed by atoms with van der Waals surface area (Å²) in [7, 11) is -3.25. The highest BCUT2D eigenvalue weighted by Crippen LogP contribution is 2.12. The fourth-order valence-electron chi connectivity index (χ4n) is 2.54. The summed E-state index contributed by atoms with van der Waals surface area (Å²) in [5, 5.41) is 2.93. The molecule has 5 nitrogen and oxygen atoms in total. The van der Waals surface area contributed by atoms with E-state index < -0.39 is 10.0 Å². The summed E-state index contributed by atoms with van der Waals surface area (Å²) in [6, 6.07) is 15.2. The largest absolute Gasteiger partial charge is 0.356 e. The van der Waals surface area contributed by atoms with Crippen LogP contribution in [0.4, 0.5) is 5.69 Å². The Kier molecular flexibility index (Phi) is 6.58. The van der Waals surface area contributed by atoms with E-state index in [-0.39, 0.29) is 5.91 Å². The first-order chi connectivity index (χ1) is 11.8. The number of benzene rings is 2. The van der Waals surface area contributed by atoms with Gasteiger partial charge in [0.1, 0.15) is 0 Å². The third kappa shape index (κ3) is 7.39. The van der Waals surface area contributed by atoms with Gasteiger partial charge in [-0.25, -0.2) is 8.42 Å². The summed E-state index contributed by atoms with van der Waals surface area (Å²) in [6.07, 6.45) is 3.18. The van der Waals surface area contributed by atoms with Crippen LogP contribution in [-0.2, 0) is 27.7 Å². The molecule has 1 amide bonds. The molecular weight excluding hydrogens is 336 g/mol. The van der Waals surface area contributed by atoms with Crippen molar-refractivity contribution in [3.8, 4) is 0 Å². The molecule has 2 aromatic carbocycles. The molecule has 25 heavy (non-hydrogen) atoms. The molecule has 0 atom stereocenters. The topological polar surface area (TPSA) is 75.3 Å². The maximum Gasteiger partial charge on any atom is 0.229 e. The van der Waals surface area contributed by atoms with E-state index in [1.165, 1.54) is 0 Å². The number of rotatable bonds is 8. The number of carbonyl (C=O) groups excluding carboxylic acids is 1. The number of sulfonamides is 1. The lowest BCUT2D eigenvalue weighted by Crippen LogP contribution is -2.26. The zero-order valence-corrected chi connectivity index (χ0v) is 15.4. The second-order valence-electron chi connectivity index (χ2n) is 6.19. The molecule has 0 aliphatic carbocycles. The summed E-state index contributed by atoms with van der Waals surface area (Å²) in [4.78, 5) is 11.9. The minimum absolute atomic E-state index is 0.0262. The number of nitrogens with one attached hydrogen (secondary N) is 2. The Morgan fingerprint density at radius 3 is 2.40 bits per heavy atom. The van der Waals surface area contributed by atoms with Crippen LogP contribution in [0.5, 0.6) is 0 Å². The molecule has 6 heteroatoms. The summed E-state index contributed by atoms with van der Waals surface area (Å²) >= 11 is 0. The van der Waals surface area contributed by atoms with Crippen molar-refractivity contribution in [2.75, 3.05) is 17.5 Å². The Morgan fingerprint density at radius 1 is 1.04 bits per heavy atom. The summed E-state index contributed by atoms with van der Waals surface area (Å²) < 4.78 is 24.7. The number of aryl methyl sites for hydroxylation is 2. The van der Waals surface area contributed by atoms with Gasteiger partial charge < -0.3 is 5.32 Å². The molecule has 0 aromatic heterocycles. The lowest BCUT2D eigenvalue weighted by Gasteiger charge is -2.07. The van der Waals surface area contributed by atoms with E-state index in [1.54, 1.807) is 12.1 Å². The molecule has 0 heterocycles. The van der Waals surface area contributed by atoms with Crippen molar-refractivity contribution < 1.29 is 13.2 Å². The van der Waals surface area contributed by atoms with E-state index in [1.807, 2.05) is 43.3 Å². The van der Waals surface area contributed by atoms with Crippen LogP contribution >= 0.6 is 0 Å². The summed E-state index contributed by atoms with van der Waals surface area (Å²) in [5.74, 6) is 0.0262. The zero-order valence-electron chi connectivity index (χ0n) is 14.6. The van der Waals surface area contributed by atoms with Gasteiger partial charge in [-0.1, -0.05) is 42.0 Å². The molecule has 2 N–H and O–H groups in total. The van der Waals surface area contributed by atoms with Gasteiger partial charge in [-0.3, -0.25) is 9.52 Å². The molecule has 0 aliphatic heterocycles. The van der Waals surface area contributed by atoms with E-state index >= 15 is 0 Å². The number of anilines is 1. The highest BCUT2D eigenvalue weighted by Gasteiger charge is 2.04. The van der Waals surface area contributed by atoms with Gasteiger partial charge in [0.25, 0.3) is 0 Å². The average molecular weight is 360 g/mol. The monoisotopic (exact) mass is 360 g/mol. The maximum absolute atomic E-state index is 11.9. The van der Waals surface area contributed by atoms with Gasteiger partial charge in [-0.2, -0.15) is 0 Å². The summed E-state index contributed by atoms with van der Waals surface area (Å²) in [5.41, 5.74) is 3.83. The third-order valence-corrected chi connectivity index (χ3v) is 4.28. The average Bonchev–Trinajstić information content (AvgIpc) is 2.52. The van der Waals surface area contributed by atoms with Gasteiger partial charge in [0, 0.05) is 12.2 Å². The standard InChI is InChI=1S/C19H24N2O3S/c1-15-5-3-6-17(13-15)14-19(22)20-12-4-7-16-8-10-18(11-9-16)21-25(2,23)24/h3,5-6,8-11,13,21H,4,7,12,14H2,1-2H3,(H,20,22). The summed E-state index contributed by atoms with van der Waals surface area (Å²) in [6.45, 7) is 2.63. The SMILES string of the molecule is Cc1cccc(CC(=O)NCCCc2ccc(NS(C)(=O)=O)cc2)c1. The van der Waals surface area contributed by atoms with Crippen LogP contribution in [-0.4, -0.2) is 27.1 Å². The van der Waals surface area contributed by atoms with Crippen LogP contribution in [0.25, 0.3) is 0 Å². The molecule has 0 spiro atoms. The van der Waals surface area contributed by atoms with Crippen molar-refractivity contribution >= 4 is 21.6 Å². The number of hydrogen-bond acceptors (Lipinski definition) is 3. The van der Waals surface area contributed by atoms with Gasteiger partial charge in [0.2, 0.25) is 15.9 Å².